The molecule has 9 heteroatoms. The molecule has 0 radical (unpaired) electrons. The number of hydrogen-bond acceptors (Lipinski definition) is 6. The lowest BCUT2D eigenvalue weighted by Gasteiger charge is -2.25. The fraction of sp³-hybridized carbons (Fsp3) is 0.308. The molecule has 5 heterocycles. The zero-order valence-corrected chi connectivity index (χ0v) is 19.6. The molecule has 0 aliphatic carbocycles. The van der Waals surface area contributed by atoms with E-state index >= 15 is 0 Å². The van der Waals surface area contributed by atoms with Crippen LogP contribution in [0.4, 0.5) is 10.3 Å². The fourth-order valence-corrected chi connectivity index (χ4v) is 5.01. The van der Waals surface area contributed by atoms with Gasteiger partial charge < -0.3 is 15.0 Å². The van der Waals surface area contributed by atoms with Gasteiger partial charge in [0, 0.05) is 60.0 Å². The number of hydrogen-bond donors (Lipinski definition) is 1. The van der Waals surface area contributed by atoms with Gasteiger partial charge >= 0.3 is 0 Å². The van der Waals surface area contributed by atoms with Gasteiger partial charge in [0.05, 0.1) is 12.1 Å². The van der Waals surface area contributed by atoms with E-state index in [9.17, 15) is 9.18 Å². The number of nitrogens with zero attached hydrogens (tertiary/aromatic N) is 5. The number of carbonyl (C=O) groups is 1. The van der Waals surface area contributed by atoms with E-state index in [1.54, 1.807) is 27.9 Å². The Balaban J connectivity index is 1.46. The molecule has 35 heavy (non-hydrogen) atoms. The Hall–Kier alpha value is -4.01. The Kier molecular flexibility index (Phi) is 5.12. The second-order valence-corrected chi connectivity index (χ2v) is 8.92. The first-order valence-corrected chi connectivity index (χ1v) is 11.8. The molecule has 1 aromatic carbocycles. The van der Waals surface area contributed by atoms with Gasteiger partial charge in [0.2, 0.25) is 5.95 Å². The Labute approximate surface area is 201 Å². The number of rotatable bonds is 4. The highest BCUT2D eigenvalue weighted by molar-refractivity contribution is 6.04. The first kappa shape index (κ1) is 21.5. The molecule has 0 spiro atoms. The quantitative estimate of drug-likeness (QED) is 0.480. The number of ether oxygens (including phenoxy) is 1. The average Bonchev–Trinajstić information content (AvgIpc) is 3.31. The van der Waals surface area contributed by atoms with E-state index in [-0.39, 0.29) is 18.3 Å². The molecule has 0 saturated carbocycles. The minimum atomic E-state index is -0.278. The van der Waals surface area contributed by atoms with Gasteiger partial charge in [-0.15, -0.1) is 0 Å². The van der Waals surface area contributed by atoms with Crippen LogP contribution < -0.4 is 10.1 Å². The third kappa shape index (κ3) is 3.50. The van der Waals surface area contributed by atoms with Crippen molar-refractivity contribution in [2.75, 3.05) is 18.5 Å². The van der Waals surface area contributed by atoms with Crippen LogP contribution in [0, 0.1) is 12.7 Å². The van der Waals surface area contributed by atoms with Gasteiger partial charge in [-0.1, -0.05) is 0 Å². The fourth-order valence-electron chi connectivity index (χ4n) is 5.01. The summed E-state index contributed by atoms with van der Waals surface area (Å²) >= 11 is 0. The van der Waals surface area contributed by atoms with Gasteiger partial charge in [-0.25, -0.2) is 14.4 Å². The van der Waals surface area contributed by atoms with Crippen LogP contribution in [-0.4, -0.2) is 43.3 Å². The number of amides is 1. The van der Waals surface area contributed by atoms with Crippen molar-refractivity contribution in [3.05, 3.63) is 70.8 Å². The van der Waals surface area contributed by atoms with Gasteiger partial charge in [0.1, 0.15) is 17.9 Å². The number of halogens is 1. The van der Waals surface area contributed by atoms with Crippen LogP contribution in [0.2, 0.25) is 0 Å². The Morgan fingerprint density at radius 1 is 1.17 bits per heavy atom. The number of aromatic nitrogens is 4. The number of aryl methyl sites for hydroxylation is 1. The lowest BCUT2D eigenvalue weighted by Crippen LogP contribution is -2.32. The molecule has 0 bridgehead atoms. The summed E-state index contributed by atoms with van der Waals surface area (Å²) in [7, 11) is 0. The van der Waals surface area contributed by atoms with Crippen molar-refractivity contribution in [3.63, 3.8) is 0 Å². The first-order chi connectivity index (χ1) is 17.0. The van der Waals surface area contributed by atoms with Gasteiger partial charge in [0.15, 0.2) is 5.69 Å². The summed E-state index contributed by atoms with van der Waals surface area (Å²) in [5.74, 6) is 0.808. The van der Waals surface area contributed by atoms with Gasteiger partial charge in [0.25, 0.3) is 5.91 Å². The summed E-state index contributed by atoms with van der Waals surface area (Å²) in [6.07, 6.45) is 6.80. The number of carbonyl (C=O) groups excluding carboxylic acids is 1. The molecule has 6 rings (SSSR count). The van der Waals surface area contributed by atoms with Crippen LogP contribution in [0.1, 0.15) is 46.2 Å². The zero-order valence-electron chi connectivity index (χ0n) is 19.6. The predicted octanol–water partition coefficient (Wildman–Crippen LogP) is 4.15. The number of imidazole rings is 1. The highest BCUT2D eigenvalue weighted by Gasteiger charge is 2.28. The molecule has 1 N–H and O–H groups in total. The smallest absolute Gasteiger partial charge is 0.275 e. The molecule has 0 fully saturated rings. The van der Waals surface area contributed by atoms with Gasteiger partial charge in [-0.3, -0.25) is 14.2 Å². The third-order valence-corrected chi connectivity index (χ3v) is 6.80. The summed E-state index contributed by atoms with van der Waals surface area (Å²) in [6.45, 7) is 5.82. The Morgan fingerprint density at radius 3 is 2.89 bits per heavy atom. The van der Waals surface area contributed by atoms with E-state index < -0.39 is 0 Å². The first-order valence-electron chi connectivity index (χ1n) is 11.8. The molecule has 4 aromatic rings. The van der Waals surface area contributed by atoms with Crippen LogP contribution in [0.25, 0.3) is 16.6 Å². The van der Waals surface area contributed by atoms with Gasteiger partial charge in [-0.05, 0) is 50.5 Å². The Morgan fingerprint density at radius 2 is 2.03 bits per heavy atom. The van der Waals surface area contributed by atoms with E-state index in [0.717, 1.165) is 46.5 Å². The number of pyridine rings is 1. The molecule has 0 atom stereocenters. The van der Waals surface area contributed by atoms with Crippen LogP contribution >= 0.6 is 0 Å². The van der Waals surface area contributed by atoms with Crippen molar-refractivity contribution in [2.45, 2.75) is 39.8 Å². The van der Waals surface area contributed by atoms with E-state index in [1.807, 2.05) is 26.1 Å². The normalized spacial score (nSPS) is 14.7. The van der Waals surface area contributed by atoms with Crippen LogP contribution in [-0.2, 0) is 19.5 Å². The van der Waals surface area contributed by atoms with E-state index in [4.69, 9.17) is 4.74 Å². The van der Waals surface area contributed by atoms with Crippen LogP contribution in [0.3, 0.4) is 0 Å². The van der Waals surface area contributed by atoms with Crippen molar-refractivity contribution >= 4 is 17.4 Å². The summed E-state index contributed by atoms with van der Waals surface area (Å²) in [5.41, 5.74) is 6.12. The second-order valence-electron chi connectivity index (χ2n) is 8.92. The second kappa shape index (κ2) is 8.33. The molecule has 8 nitrogen and oxygen atoms in total. The van der Waals surface area contributed by atoms with Crippen molar-refractivity contribution in [3.8, 4) is 16.9 Å². The molecule has 0 unspecified atom stereocenters. The molecule has 3 aromatic heterocycles. The minimum absolute atomic E-state index is 0.131. The van der Waals surface area contributed by atoms with E-state index in [2.05, 4.69) is 20.3 Å². The molecule has 2 aliphatic heterocycles. The molecule has 1 amide bonds. The van der Waals surface area contributed by atoms with Crippen molar-refractivity contribution < 1.29 is 13.9 Å². The maximum absolute atomic E-state index is 14.8. The molecular weight excluding hydrogens is 447 g/mol. The van der Waals surface area contributed by atoms with Crippen molar-refractivity contribution in [1.82, 2.24) is 24.3 Å². The summed E-state index contributed by atoms with van der Waals surface area (Å²) in [6, 6.07) is 5.15. The molecule has 2 aliphatic rings. The zero-order chi connectivity index (χ0) is 24.1. The van der Waals surface area contributed by atoms with Gasteiger partial charge in [-0.2, -0.15) is 0 Å². The highest BCUT2D eigenvalue weighted by Crippen LogP contribution is 2.35. The van der Waals surface area contributed by atoms with Crippen molar-refractivity contribution in [2.24, 2.45) is 0 Å². The van der Waals surface area contributed by atoms with Crippen LogP contribution in [0.15, 0.2) is 36.9 Å². The number of fused-ring (bicyclic) bond motifs is 3. The number of nitrogens with one attached hydrogen (secondary N) is 1. The lowest BCUT2D eigenvalue weighted by atomic mass is 9.98. The van der Waals surface area contributed by atoms with Crippen molar-refractivity contribution in [1.29, 1.82) is 0 Å². The number of benzene rings is 1. The molecule has 178 valence electrons. The standard InChI is InChI=1S/C26H25FN6O2/c1-3-32-13-16-9-15(2)28-10-18(16)20-12-30-26(33-14-31-23(24(20)33)25(32)34)29-11-19-17-5-4-8-35-22(17)7-6-21(19)27/h6-7,9-10,12,14H,3-5,8,11,13H2,1-2H3,(H,29,30). The predicted molar refractivity (Wildman–Crippen MR) is 129 cm³/mol. The van der Waals surface area contributed by atoms with E-state index in [1.165, 1.54) is 6.07 Å². The molecule has 0 saturated heterocycles. The Bertz CT molecular complexity index is 1480. The summed E-state index contributed by atoms with van der Waals surface area (Å²) in [5, 5.41) is 3.27. The number of anilines is 1. The largest absolute Gasteiger partial charge is 0.493 e. The SMILES string of the molecule is CCN1Cc2cc(C)ncc2-c2cnc(NCc3c(F)ccc4c3CCCO4)n3cnc(c23)C1=O. The summed E-state index contributed by atoms with van der Waals surface area (Å²) < 4.78 is 22.2. The molecular formula is C26H25FN6O2. The maximum atomic E-state index is 14.8. The van der Waals surface area contributed by atoms with E-state index in [0.29, 0.717) is 42.4 Å². The third-order valence-electron chi connectivity index (χ3n) is 6.80. The summed E-state index contributed by atoms with van der Waals surface area (Å²) in [4.78, 5) is 28.8. The average molecular weight is 473 g/mol. The lowest BCUT2D eigenvalue weighted by molar-refractivity contribution is 0.0749. The maximum Gasteiger partial charge on any atom is 0.275 e. The van der Waals surface area contributed by atoms with Crippen LogP contribution in [0.5, 0.6) is 5.75 Å². The highest BCUT2D eigenvalue weighted by atomic mass is 19.1. The monoisotopic (exact) mass is 472 g/mol. The minimum Gasteiger partial charge on any atom is -0.493 e. The topological polar surface area (TPSA) is 84.7 Å².